The van der Waals surface area contributed by atoms with Gasteiger partial charge in [0.15, 0.2) is 0 Å². The second-order valence-electron chi connectivity index (χ2n) is 3.84. The van der Waals surface area contributed by atoms with Crippen LogP contribution in [0.1, 0.15) is 39.5 Å². The Balaban J connectivity index is 3.67. The van der Waals surface area contributed by atoms with Gasteiger partial charge in [0.1, 0.15) is 0 Å². The SMILES string of the molecule is CCCSCC(CCCC(F)(F)F)NCC. The molecule has 0 aliphatic carbocycles. The average Bonchev–Trinajstić information content (AvgIpc) is 2.16. The zero-order valence-electron chi connectivity index (χ0n) is 10.1. The van der Waals surface area contributed by atoms with Crippen LogP contribution in [0.5, 0.6) is 0 Å². The first-order valence-electron chi connectivity index (χ1n) is 5.87. The molecule has 1 atom stereocenters. The van der Waals surface area contributed by atoms with E-state index < -0.39 is 12.6 Å². The predicted octanol–water partition coefficient (Wildman–Crippen LogP) is 3.84. The summed E-state index contributed by atoms with van der Waals surface area (Å²) < 4.78 is 35.9. The highest BCUT2D eigenvalue weighted by molar-refractivity contribution is 7.99. The Morgan fingerprint density at radius 3 is 2.44 bits per heavy atom. The first-order chi connectivity index (χ1) is 7.49. The molecule has 0 aliphatic heterocycles. The number of nitrogens with one attached hydrogen (secondary N) is 1. The lowest BCUT2D eigenvalue weighted by atomic mass is 10.1. The molecule has 0 aromatic carbocycles. The fourth-order valence-electron chi connectivity index (χ4n) is 1.45. The van der Waals surface area contributed by atoms with Gasteiger partial charge in [0.05, 0.1) is 0 Å². The molecule has 0 saturated heterocycles. The number of rotatable bonds is 9. The van der Waals surface area contributed by atoms with Gasteiger partial charge in [-0.2, -0.15) is 24.9 Å². The summed E-state index contributed by atoms with van der Waals surface area (Å²) in [6.07, 6.45) is -2.70. The minimum atomic E-state index is -4.01. The second-order valence-corrected chi connectivity index (χ2v) is 4.99. The van der Waals surface area contributed by atoms with E-state index >= 15 is 0 Å². The van der Waals surface area contributed by atoms with E-state index in [0.29, 0.717) is 6.42 Å². The molecule has 0 heterocycles. The van der Waals surface area contributed by atoms with Crippen LogP contribution >= 0.6 is 11.8 Å². The van der Waals surface area contributed by atoms with Gasteiger partial charge in [-0.25, -0.2) is 0 Å². The van der Waals surface area contributed by atoms with Gasteiger partial charge in [-0.1, -0.05) is 13.8 Å². The zero-order chi connectivity index (χ0) is 12.4. The lowest BCUT2D eigenvalue weighted by Crippen LogP contribution is -2.31. The first-order valence-corrected chi connectivity index (χ1v) is 7.03. The van der Waals surface area contributed by atoms with Crippen molar-refractivity contribution in [3.8, 4) is 0 Å². The normalized spacial score (nSPS) is 14.1. The maximum atomic E-state index is 12.0. The fourth-order valence-corrected chi connectivity index (χ4v) is 2.48. The van der Waals surface area contributed by atoms with Gasteiger partial charge in [-0.05, 0) is 31.6 Å². The molecule has 0 aliphatic rings. The molecule has 98 valence electrons. The molecule has 0 bridgehead atoms. The van der Waals surface area contributed by atoms with Crippen LogP contribution in [0.2, 0.25) is 0 Å². The Hall–Kier alpha value is 0.1000. The number of hydrogen-bond donors (Lipinski definition) is 1. The van der Waals surface area contributed by atoms with Gasteiger partial charge in [-0.15, -0.1) is 0 Å². The number of thioether (sulfide) groups is 1. The molecular weight excluding hydrogens is 235 g/mol. The summed E-state index contributed by atoms with van der Waals surface area (Å²) >= 11 is 1.82. The van der Waals surface area contributed by atoms with Crippen molar-refractivity contribution >= 4 is 11.8 Å². The van der Waals surface area contributed by atoms with Crippen molar-refractivity contribution in [1.29, 1.82) is 0 Å². The summed E-state index contributed by atoms with van der Waals surface area (Å²) in [5.41, 5.74) is 0. The summed E-state index contributed by atoms with van der Waals surface area (Å²) in [5, 5.41) is 3.24. The predicted molar refractivity (Wildman–Crippen MR) is 65.0 cm³/mol. The van der Waals surface area contributed by atoms with Crippen molar-refractivity contribution < 1.29 is 13.2 Å². The van der Waals surface area contributed by atoms with Crippen LogP contribution in [0.25, 0.3) is 0 Å². The van der Waals surface area contributed by atoms with Crippen LogP contribution in [0, 0.1) is 0 Å². The van der Waals surface area contributed by atoms with Gasteiger partial charge in [0.25, 0.3) is 0 Å². The van der Waals surface area contributed by atoms with Gasteiger partial charge in [-0.3, -0.25) is 0 Å². The lowest BCUT2D eigenvalue weighted by Gasteiger charge is -2.17. The summed E-state index contributed by atoms with van der Waals surface area (Å²) in [6.45, 7) is 4.92. The van der Waals surface area contributed by atoms with E-state index in [1.807, 2.05) is 18.7 Å². The third-order valence-electron chi connectivity index (χ3n) is 2.17. The topological polar surface area (TPSA) is 12.0 Å². The highest BCUT2D eigenvalue weighted by Crippen LogP contribution is 2.23. The molecule has 0 amide bonds. The van der Waals surface area contributed by atoms with E-state index in [0.717, 1.165) is 24.5 Å². The van der Waals surface area contributed by atoms with E-state index in [1.54, 1.807) is 0 Å². The van der Waals surface area contributed by atoms with Crippen molar-refractivity contribution in [2.45, 2.75) is 51.7 Å². The molecule has 0 aromatic rings. The average molecular weight is 257 g/mol. The monoisotopic (exact) mass is 257 g/mol. The Bertz CT molecular complexity index is 162. The smallest absolute Gasteiger partial charge is 0.313 e. The highest BCUT2D eigenvalue weighted by Gasteiger charge is 2.26. The van der Waals surface area contributed by atoms with Crippen molar-refractivity contribution in [2.75, 3.05) is 18.1 Å². The largest absolute Gasteiger partial charge is 0.389 e. The zero-order valence-corrected chi connectivity index (χ0v) is 10.9. The van der Waals surface area contributed by atoms with Gasteiger partial charge >= 0.3 is 6.18 Å². The van der Waals surface area contributed by atoms with Crippen LogP contribution in [0.4, 0.5) is 13.2 Å². The summed E-state index contributed by atoms with van der Waals surface area (Å²) in [7, 11) is 0. The number of halogens is 3. The van der Waals surface area contributed by atoms with Crippen molar-refractivity contribution in [3.05, 3.63) is 0 Å². The van der Waals surface area contributed by atoms with Crippen LogP contribution in [-0.4, -0.2) is 30.3 Å². The van der Waals surface area contributed by atoms with Gasteiger partial charge < -0.3 is 5.32 Å². The van der Waals surface area contributed by atoms with E-state index in [2.05, 4.69) is 12.2 Å². The molecule has 5 heteroatoms. The molecular formula is C11H22F3NS. The summed E-state index contributed by atoms with van der Waals surface area (Å²) in [4.78, 5) is 0. The minimum Gasteiger partial charge on any atom is -0.313 e. The van der Waals surface area contributed by atoms with Gasteiger partial charge in [0.2, 0.25) is 0 Å². The van der Waals surface area contributed by atoms with E-state index in [9.17, 15) is 13.2 Å². The molecule has 1 N–H and O–H groups in total. The Morgan fingerprint density at radius 1 is 1.25 bits per heavy atom. The number of alkyl halides is 3. The quantitative estimate of drug-likeness (QED) is 0.630. The van der Waals surface area contributed by atoms with Crippen molar-refractivity contribution in [1.82, 2.24) is 5.32 Å². The van der Waals surface area contributed by atoms with E-state index in [4.69, 9.17) is 0 Å². The minimum absolute atomic E-state index is 0.226. The van der Waals surface area contributed by atoms with Crippen molar-refractivity contribution in [2.24, 2.45) is 0 Å². The standard InChI is InChI=1S/C11H22F3NS/c1-3-8-16-9-10(15-4-2)6-5-7-11(12,13)14/h10,15H,3-9H2,1-2H3. The van der Waals surface area contributed by atoms with Gasteiger partial charge in [0, 0.05) is 18.2 Å². The van der Waals surface area contributed by atoms with Crippen molar-refractivity contribution in [3.63, 3.8) is 0 Å². The van der Waals surface area contributed by atoms with Crippen LogP contribution in [0.15, 0.2) is 0 Å². The molecule has 1 unspecified atom stereocenters. The lowest BCUT2D eigenvalue weighted by molar-refractivity contribution is -0.135. The Labute approximate surface area is 101 Å². The fraction of sp³-hybridized carbons (Fsp3) is 1.00. The Morgan fingerprint density at radius 2 is 1.94 bits per heavy atom. The van der Waals surface area contributed by atoms with Crippen LogP contribution in [0.3, 0.4) is 0 Å². The molecule has 0 rings (SSSR count). The second kappa shape index (κ2) is 9.16. The molecule has 1 nitrogen and oxygen atoms in total. The molecule has 0 fully saturated rings. The number of hydrogen-bond acceptors (Lipinski definition) is 2. The first kappa shape index (κ1) is 16.1. The van der Waals surface area contributed by atoms with Crippen LogP contribution in [-0.2, 0) is 0 Å². The highest BCUT2D eigenvalue weighted by atomic mass is 32.2. The molecule has 0 radical (unpaired) electrons. The third-order valence-corrected chi connectivity index (χ3v) is 3.51. The van der Waals surface area contributed by atoms with Crippen LogP contribution < -0.4 is 5.32 Å². The van der Waals surface area contributed by atoms with E-state index in [-0.39, 0.29) is 12.5 Å². The summed E-state index contributed by atoms with van der Waals surface area (Å²) in [6, 6.07) is 0.226. The molecule has 0 saturated carbocycles. The maximum Gasteiger partial charge on any atom is 0.389 e. The molecule has 0 spiro atoms. The Kier molecular flexibility index (Phi) is 9.22. The molecule has 0 aromatic heterocycles. The molecule has 16 heavy (non-hydrogen) atoms. The van der Waals surface area contributed by atoms with E-state index in [1.165, 1.54) is 0 Å². The summed E-state index contributed by atoms with van der Waals surface area (Å²) in [5.74, 6) is 2.00. The third kappa shape index (κ3) is 10.6. The maximum absolute atomic E-state index is 12.0.